The molecule has 3 N–H and O–H groups in total. The summed E-state index contributed by atoms with van der Waals surface area (Å²) in [5.41, 5.74) is 2.26. The van der Waals surface area contributed by atoms with E-state index in [1.54, 1.807) is 7.05 Å². The van der Waals surface area contributed by atoms with Crippen molar-refractivity contribution in [1.29, 1.82) is 0 Å². The van der Waals surface area contributed by atoms with Crippen LogP contribution in [0, 0.1) is 5.41 Å². The Balaban J connectivity index is 1.83. The van der Waals surface area contributed by atoms with Crippen molar-refractivity contribution < 1.29 is 4.79 Å². The molecule has 1 amide bonds. The Labute approximate surface area is 151 Å². The first kappa shape index (κ1) is 19.3. The van der Waals surface area contributed by atoms with Crippen LogP contribution in [0.4, 0.5) is 0 Å². The second-order valence-corrected chi connectivity index (χ2v) is 6.90. The molecular weight excluding hydrogens is 312 g/mol. The van der Waals surface area contributed by atoms with Crippen molar-refractivity contribution in [1.82, 2.24) is 16.0 Å². The van der Waals surface area contributed by atoms with E-state index in [1.807, 2.05) is 31.2 Å². The highest BCUT2D eigenvalue weighted by atomic mass is 16.1. The molecule has 1 aromatic carbocycles. The summed E-state index contributed by atoms with van der Waals surface area (Å²) in [6, 6.07) is 7.69. The summed E-state index contributed by atoms with van der Waals surface area (Å²) < 4.78 is 0. The molecule has 0 heterocycles. The first-order valence-electron chi connectivity index (χ1n) is 9.44. The highest BCUT2D eigenvalue weighted by molar-refractivity contribution is 5.94. The van der Waals surface area contributed by atoms with Crippen LogP contribution < -0.4 is 16.0 Å². The molecule has 0 aromatic heterocycles. The van der Waals surface area contributed by atoms with Crippen LogP contribution in [-0.4, -0.2) is 32.0 Å². The van der Waals surface area contributed by atoms with Gasteiger partial charge in [-0.05, 0) is 49.3 Å². The van der Waals surface area contributed by atoms with Gasteiger partial charge in [0.15, 0.2) is 5.96 Å². The van der Waals surface area contributed by atoms with Gasteiger partial charge in [-0.3, -0.25) is 9.79 Å². The van der Waals surface area contributed by atoms with Crippen molar-refractivity contribution in [2.24, 2.45) is 10.4 Å². The first-order valence-corrected chi connectivity index (χ1v) is 9.44. The predicted molar refractivity (Wildman–Crippen MR) is 104 cm³/mol. The summed E-state index contributed by atoms with van der Waals surface area (Å²) in [5.74, 6) is 0.813. The molecule has 25 heavy (non-hydrogen) atoms. The second-order valence-electron chi connectivity index (χ2n) is 6.90. The molecule has 0 radical (unpaired) electrons. The van der Waals surface area contributed by atoms with E-state index >= 15 is 0 Å². The third-order valence-electron chi connectivity index (χ3n) is 5.28. The lowest BCUT2D eigenvalue weighted by molar-refractivity contribution is 0.0956. The quantitative estimate of drug-likeness (QED) is 0.526. The number of nitrogens with zero attached hydrogens (tertiary/aromatic N) is 1. The Morgan fingerprint density at radius 2 is 1.76 bits per heavy atom. The minimum Gasteiger partial charge on any atom is -0.356 e. The normalized spacial score (nSPS) is 16.5. The molecule has 0 aliphatic heterocycles. The third kappa shape index (κ3) is 5.48. The number of aliphatic imine (C=N–C) groups is 1. The van der Waals surface area contributed by atoms with Crippen molar-refractivity contribution in [3.8, 4) is 0 Å². The molecular formula is C20H32N4O. The zero-order chi connectivity index (χ0) is 18.1. The van der Waals surface area contributed by atoms with Crippen LogP contribution in [-0.2, 0) is 6.54 Å². The average Bonchev–Trinajstić information content (AvgIpc) is 3.12. The lowest BCUT2D eigenvalue weighted by atomic mass is 9.83. The van der Waals surface area contributed by atoms with Crippen LogP contribution in [0.25, 0.3) is 0 Å². The molecule has 1 aliphatic carbocycles. The fourth-order valence-electron chi connectivity index (χ4n) is 3.49. The standard InChI is InChI=1S/C20H32N4O/c1-4-20(12-6-7-13-20)15-24-19(21-3)23-14-16-8-10-17(11-9-16)18(25)22-5-2/h8-11H,4-7,12-15H2,1-3H3,(H,22,25)(H2,21,23,24). The SMILES string of the molecule is CCNC(=O)c1ccc(CNC(=NC)NCC2(CC)CCCC2)cc1. The smallest absolute Gasteiger partial charge is 0.251 e. The van der Waals surface area contributed by atoms with Crippen LogP contribution in [0.2, 0.25) is 0 Å². The summed E-state index contributed by atoms with van der Waals surface area (Å²) in [7, 11) is 1.81. The van der Waals surface area contributed by atoms with Crippen LogP contribution in [0.3, 0.4) is 0 Å². The van der Waals surface area contributed by atoms with Gasteiger partial charge in [0.2, 0.25) is 0 Å². The number of nitrogens with one attached hydrogen (secondary N) is 3. The van der Waals surface area contributed by atoms with Crippen LogP contribution in [0.15, 0.2) is 29.3 Å². The molecule has 0 bridgehead atoms. The molecule has 1 saturated carbocycles. The fourth-order valence-corrected chi connectivity index (χ4v) is 3.49. The molecule has 0 atom stereocenters. The van der Waals surface area contributed by atoms with E-state index in [1.165, 1.54) is 32.1 Å². The molecule has 1 aromatic rings. The van der Waals surface area contributed by atoms with Gasteiger partial charge in [0.05, 0.1) is 0 Å². The summed E-state index contributed by atoms with van der Waals surface area (Å²) in [4.78, 5) is 16.1. The van der Waals surface area contributed by atoms with E-state index in [9.17, 15) is 4.79 Å². The largest absolute Gasteiger partial charge is 0.356 e. The van der Waals surface area contributed by atoms with Gasteiger partial charge < -0.3 is 16.0 Å². The molecule has 1 aliphatic rings. The van der Waals surface area contributed by atoms with Crippen molar-refractivity contribution in [2.75, 3.05) is 20.1 Å². The summed E-state index contributed by atoms with van der Waals surface area (Å²) in [6.07, 6.45) is 6.54. The molecule has 1 fully saturated rings. The number of rotatable bonds is 7. The van der Waals surface area contributed by atoms with Crippen LogP contribution >= 0.6 is 0 Å². The number of carbonyl (C=O) groups excluding carboxylic acids is 1. The van der Waals surface area contributed by atoms with Crippen molar-refractivity contribution in [2.45, 2.75) is 52.5 Å². The van der Waals surface area contributed by atoms with E-state index in [-0.39, 0.29) is 5.91 Å². The minimum atomic E-state index is -0.0269. The Bertz CT molecular complexity index is 574. The van der Waals surface area contributed by atoms with Gasteiger partial charge in [-0.25, -0.2) is 0 Å². The van der Waals surface area contributed by atoms with Gasteiger partial charge >= 0.3 is 0 Å². The number of benzene rings is 1. The maximum absolute atomic E-state index is 11.8. The summed E-state index contributed by atoms with van der Waals surface area (Å²) in [6.45, 7) is 6.53. The van der Waals surface area contributed by atoms with E-state index in [4.69, 9.17) is 0 Å². The monoisotopic (exact) mass is 344 g/mol. The van der Waals surface area contributed by atoms with E-state index in [0.29, 0.717) is 24.1 Å². The lowest BCUT2D eigenvalue weighted by Crippen LogP contribution is -2.42. The minimum absolute atomic E-state index is 0.0269. The summed E-state index contributed by atoms with van der Waals surface area (Å²) in [5, 5.41) is 9.67. The van der Waals surface area contributed by atoms with Gasteiger partial charge in [-0.15, -0.1) is 0 Å². The molecule has 5 heteroatoms. The fraction of sp³-hybridized carbons (Fsp3) is 0.600. The van der Waals surface area contributed by atoms with Gasteiger partial charge in [0.25, 0.3) is 5.91 Å². The number of hydrogen-bond donors (Lipinski definition) is 3. The molecule has 2 rings (SSSR count). The van der Waals surface area contributed by atoms with Crippen molar-refractivity contribution >= 4 is 11.9 Å². The number of guanidine groups is 1. The molecule has 0 saturated heterocycles. The first-order chi connectivity index (χ1) is 12.1. The van der Waals surface area contributed by atoms with Crippen molar-refractivity contribution in [3.63, 3.8) is 0 Å². The lowest BCUT2D eigenvalue weighted by Gasteiger charge is -2.28. The Morgan fingerprint density at radius 3 is 2.32 bits per heavy atom. The summed E-state index contributed by atoms with van der Waals surface area (Å²) >= 11 is 0. The van der Waals surface area contributed by atoms with Gasteiger partial charge in [0, 0.05) is 32.2 Å². The van der Waals surface area contributed by atoms with Crippen LogP contribution in [0.1, 0.15) is 61.9 Å². The van der Waals surface area contributed by atoms with Gasteiger partial charge in [-0.2, -0.15) is 0 Å². The third-order valence-corrected chi connectivity index (χ3v) is 5.28. The van der Waals surface area contributed by atoms with E-state index in [2.05, 4.69) is 27.9 Å². The number of carbonyl (C=O) groups is 1. The zero-order valence-electron chi connectivity index (χ0n) is 15.8. The number of amides is 1. The van der Waals surface area contributed by atoms with E-state index in [0.717, 1.165) is 18.1 Å². The van der Waals surface area contributed by atoms with Gasteiger partial charge in [-0.1, -0.05) is 31.9 Å². The molecule has 0 spiro atoms. The highest BCUT2D eigenvalue weighted by Gasteiger charge is 2.31. The number of hydrogen-bond acceptors (Lipinski definition) is 2. The van der Waals surface area contributed by atoms with Gasteiger partial charge in [0.1, 0.15) is 0 Å². The van der Waals surface area contributed by atoms with E-state index < -0.39 is 0 Å². The van der Waals surface area contributed by atoms with Crippen LogP contribution in [0.5, 0.6) is 0 Å². The zero-order valence-corrected chi connectivity index (χ0v) is 15.8. The molecule has 138 valence electrons. The maximum atomic E-state index is 11.8. The second kappa shape index (κ2) is 9.44. The topological polar surface area (TPSA) is 65.5 Å². The highest BCUT2D eigenvalue weighted by Crippen LogP contribution is 2.40. The molecule has 5 nitrogen and oxygen atoms in total. The maximum Gasteiger partial charge on any atom is 0.251 e. The van der Waals surface area contributed by atoms with Crippen molar-refractivity contribution in [3.05, 3.63) is 35.4 Å². The Morgan fingerprint density at radius 1 is 1.08 bits per heavy atom. The Kier molecular flexibility index (Phi) is 7.29. The Hall–Kier alpha value is -2.04. The molecule has 0 unspecified atom stereocenters. The predicted octanol–water partition coefficient (Wildman–Crippen LogP) is 3.07. The average molecular weight is 345 g/mol.